The second kappa shape index (κ2) is 7.52. The number of hydrogen-bond acceptors (Lipinski definition) is 3. The standard InChI is InChI=1S/C18H28O4/c1-7-12(2)16(18(4,5)6)14-8-10-15(11-9-14)21-13(3)22-17(19)20/h8-13,16H,7H2,1-6H3,(H,19,20). The van der Waals surface area contributed by atoms with Crippen LogP contribution in [-0.2, 0) is 4.74 Å². The van der Waals surface area contributed by atoms with Crippen LogP contribution in [0.15, 0.2) is 24.3 Å². The molecule has 0 radical (unpaired) electrons. The van der Waals surface area contributed by atoms with E-state index in [9.17, 15) is 4.79 Å². The minimum atomic E-state index is -1.34. The van der Waals surface area contributed by atoms with Crippen molar-refractivity contribution in [3.8, 4) is 5.75 Å². The van der Waals surface area contributed by atoms with Gasteiger partial charge in [0.2, 0.25) is 6.29 Å². The van der Waals surface area contributed by atoms with Gasteiger partial charge in [-0.05, 0) is 34.9 Å². The Morgan fingerprint density at radius 3 is 2.14 bits per heavy atom. The number of rotatable bonds is 6. The maximum absolute atomic E-state index is 10.5. The molecule has 0 amide bonds. The van der Waals surface area contributed by atoms with E-state index in [-0.39, 0.29) is 5.41 Å². The van der Waals surface area contributed by atoms with Crippen LogP contribution in [0.4, 0.5) is 4.79 Å². The fourth-order valence-corrected chi connectivity index (χ4v) is 3.03. The van der Waals surface area contributed by atoms with Crippen LogP contribution >= 0.6 is 0 Å². The number of carbonyl (C=O) groups is 1. The summed E-state index contributed by atoms with van der Waals surface area (Å²) in [6.07, 6.45) is -1.03. The predicted molar refractivity (Wildman–Crippen MR) is 87.3 cm³/mol. The first kappa shape index (κ1) is 18.3. The lowest BCUT2D eigenvalue weighted by Gasteiger charge is -2.36. The van der Waals surface area contributed by atoms with E-state index in [0.29, 0.717) is 17.6 Å². The molecule has 124 valence electrons. The second-order valence-corrected chi connectivity index (χ2v) is 6.87. The highest BCUT2D eigenvalue weighted by Crippen LogP contribution is 2.42. The quantitative estimate of drug-likeness (QED) is 0.573. The summed E-state index contributed by atoms with van der Waals surface area (Å²) in [5.41, 5.74) is 1.46. The highest BCUT2D eigenvalue weighted by Gasteiger charge is 2.30. The van der Waals surface area contributed by atoms with Crippen LogP contribution in [0.2, 0.25) is 0 Å². The molecule has 3 atom stereocenters. The van der Waals surface area contributed by atoms with Crippen molar-refractivity contribution >= 4 is 6.16 Å². The van der Waals surface area contributed by atoms with E-state index < -0.39 is 12.4 Å². The third kappa shape index (κ3) is 5.24. The van der Waals surface area contributed by atoms with Gasteiger partial charge in [0, 0.05) is 6.92 Å². The molecule has 1 rings (SSSR count). The Hall–Kier alpha value is -1.71. The number of carboxylic acid groups (broad SMARTS) is 1. The summed E-state index contributed by atoms with van der Waals surface area (Å²) in [5, 5.41) is 8.55. The zero-order chi connectivity index (χ0) is 16.9. The van der Waals surface area contributed by atoms with Gasteiger partial charge >= 0.3 is 6.16 Å². The van der Waals surface area contributed by atoms with Crippen molar-refractivity contribution in [3.05, 3.63) is 29.8 Å². The summed E-state index contributed by atoms with van der Waals surface area (Å²) in [7, 11) is 0. The molecular formula is C18H28O4. The van der Waals surface area contributed by atoms with Gasteiger partial charge in [-0.15, -0.1) is 0 Å². The van der Waals surface area contributed by atoms with E-state index in [0.717, 1.165) is 6.42 Å². The SMILES string of the molecule is CCC(C)C(c1ccc(OC(C)OC(=O)O)cc1)C(C)(C)C. The van der Waals surface area contributed by atoms with Crippen LogP contribution < -0.4 is 4.74 Å². The van der Waals surface area contributed by atoms with Crippen LogP contribution in [0.1, 0.15) is 59.4 Å². The van der Waals surface area contributed by atoms with Gasteiger partial charge in [0.05, 0.1) is 0 Å². The van der Waals surface area contributed by atoms with Gasteiger partial charge in [-0.1, -0.05) is 53.2 Å². The highest BCUT2D eigenvalue weighted by molar-refractivity contribution is 5.56. The molecule has 0 saturated heterocycles. The first-order chi connectivity index (χ1) is 10.1. The molecule has 4 nitrogen and oxygen atoms in total. The Labute approximate surface area is 133 Å². The third-order valence-corrected chi connectivity index (χ3v) is 3.95. The monoisotopic (exact) mass is 308 g/mol. The molecule has 0 aliphatic carbocycles. The molecule has 22 heavy (non-hydrogen) atoms. The van der Waals surface area contributed by atoms with Gasteiger partial charge in [-0.25, -0.2) is 4.79 Å². The molecule has 0 spiro atoms. The van der Waals surface area contributed by atoms with E-state index in [1.807, 2.05) is 12.1 Å². The first-order valence-corrected chi connectivity index (χ1v) is 7.81. The second-order valence-electron chi connectivity index (χ2n) is 6.87. The average molecular weight is 308 g/mol. The molecule has 0 bridgehead atoms. The summed E-state index contributed by atoms with van der Waals surface area (Å²) < 4.78 is 9.97. The summed E-state index contributed by atoms with van der Waals surface area (Å²) in [4.78, 5) is 10.5. The van der Waals surface area contributed by atoms with Gasteiger partial charge in [-0.2, -0.15) is 0 Å². The van der Waals surface area contributed by atoms with E-state index in [1.54, 1.807) is 6.92 Å². The number of ether oxygens (including phenoxy) is 2. The van der Waals surface area contributed by atoms with E-state index in [2.05, 4.69) is 51.5 Å². The van der Waals surface area contributed by atoms with Crippen molar-refractivity contribution in [1.82, 2.24) is 0 Å². The van der Waals surface area contributed by atoms with E-state index in [4.69, 9.17) is 9.84 Å². The lowest BCUT2D eigenvalue weighted by Crippen LogP contribution is -2.24. The fraction of sp³-hybridized carbons (Fsp3) is 0.611. The van der Waals surface area contributed by atoms with Crippen molar-refractivity contribution in [3.63, 3.8) is 0 Å². The van der Waals surface area contributed by atoms with Gasteiger partial charge in [-0.3, -0.25) is 0 Å². The molecule has 0 fully saturated rings. The maximum Gasteiger partial charge on any atom is 0.508 e. The largest absolute Gasteiger partial charge is 0.508 e. The summed E-state index contributed by atoms with van der Waals surface area (Å²) in [6.45, 7) is 12.8. The number of benzene rings is 1. The zero-order valence-electron chi connectivity index (χ0n) is 14.4. The molecule has 0 saturated carbocycles. The Morgan fingerprint density at radius 2 is 1.73 bits per heavy atom. The van der Waals surface area contributed by atoms with Crippen molar-refractivity contribution in [2.45, 2.75) is 60.2 Å². The van der Waals surface area contributed by atoms with Gasteiger partial charge < -0.3 is 14.6 Å². The van der Waals surface area contributed by atoms with E-state index >= 15 is 0 Å². The van der Waals surface area contributed by atoms with Gasteiger partial charge in [0.25, 0.3) is 0 Å². The van der Waals surface area contributed by atoms with Crippen LogP contribution in [0.3, 0.4) is 0 Å². The smallest absolute Gasteiger partial charge is 0.455 e. The van der Waals surface area contributed by atoms with Gasteiger partial charge in [0.1, 0.15) is 5.75 Å². The van der Waals surface area contributed by atoms with Crippen LogP contribution in [-0.4, -0.2) is 17.6 Å². The predicted octanol–water partition coefficient (Wildman–Crippen LogP) is 5.28. The van der Waals surface area contributed by atoms with Crippen LogP contribution in [0.5, 0.6) is 5.75 Å². The van der Waals surface area contributed by atoms with Crippen molar-refractivity contribution in [2.75, 3.05) is 0 Å². The average Bonchev–Trinajstić information content (AvgIpc) is 2.38. The Bertz CT molecular complexity index is 473. The van der Waals surface area contributed by atoms with Crippen molar-refractivity contribution in [2.24, 2.45) is 11.3 Å². The molecule has 0 aromatic heterocycles. The highest BCUT2D eigenvalue weighted by atomic mass is 16.8. The molecule has 0 heterocycles. The summed E-state index contributed by atoms with van der Waals surface area (Å²) in [5.74, 6) is 1.65. The van der Waals surface area contributed by atoms with Gasteiger partial charge in [0.15, 0.2) is 0 Å². The normalized spacial score (nSPS) is 15.7. The van der Waals surface area contributed by atoms with Crippen molar-refractivity contribution < 1.29 is 19.4 Å². The number of hydrogen-bond donors (Lipinski definition) is 1. The fourth-order valence-electron chi connectivity index (χ4n) is 3.03. The molecule has 4 heteroatoms. The van der Waals surface area contributed by atoms with Crippen LogP contribution in [0.25, 0.3) is 0 Å². The lowest BCUT2D eigenvalue weighted by molar-refractivity contribution is -0.0406. The minimum absolute atomic E-state index is 0.178. The molecule has 0 aliphatic rings. The molecule has 1 aromatic carbocycles. The maximum atomic E-state index is 10.5. The molecule has 1 N–H and O–H groups in total. The lowest BCUT2D eigenvalue weighted by atomic mass is 9.69. The topological polar surface area (TPSA) is 55.8 Å². The van der Waals surface area contributed by atoms with E-state index in [1.165, 1.54) is 5.56 Å². The first-order valence-electron chi connectivity index (χ1n) is 7.81. The molecule has 0 aliphatic heterocycles. The third-order valence-electron chi connectivity index (χ3n) is 3.95. The van der Waals surface area contributed by atoms with Crippen LogP contribution in [0, 0.1) is 11.3 Å². The summed E-state index contributed by atoms with van der Waals surface area (Å²) in [6, 6.07) is 7.87. The molecular weight excluding hydrogens is 280 g/mol. The molecule has 1 aromatic rings. The minimum Gasteiger partial charge on any atom is -0.455 e. The Kier molecular flexibility index (Phi) is 6.27. The van der Waals surface area contributed by atoms with Crippen molar-refractivity contribution in [1.29, 1.82) is 0 Å². The Balaban J connectivity index is 2.88. The molecule has 3 unspecified atom stereocenters. The summed E-state index contributed by atoms with van der Waals surface area (Å²) >= 11 is 0. The zero-order valence-corrected chi connectivity index (χ0v) is 14.4. The Morgan fingerprint density at radius 1 is 1.18 bits per heavy atom.